The van der Waals surface area contributed by atoms with Gasteiger partial charge in [0.25, 0.3) is 0 Å². The van der Waals surface area contributed by atoms with E-state index in [-0.39, 0.29) is 18.6 Å². The van der Waals surface area contributed by atoms with Gasteiger partial charge in [-0.2, -0.15) is 13.2 Å². The first-order valence-corrected chi connectivity index (χ1v) is 8.81. The molecule has 1 saturated carbocycles. The Hall–Kier alpha value is -1.72. The summed E-state index contributed by atoms with van der Waals surface area (Å²) in [5.41, 5.74) is -0.423. The van der Waals surface area contributed by atoms with Gasteiger partial charge in [-0.05, 0) is 51.3 Å². The summed E-state index contributed by atoms with van der Waals surface area (Å²) in [7, 11) is 0. The second kappa shape index (κ2) is 7.67. The van der Waals surface area contributed by atoms with Crippen LogP contribution < -0.4 is 5.32 Å². The molecule has 0 saturated heterocycles. The molecule has 2 amide bonds. The van der Waals surface area contributed by atoms with Gasteiger partial charge in [-0.1, -0.05) is 31.4 Å². The smallest absolute Gasteiger partial charge is 0.335 e. The SMILES string of the molecule is CC(C)(C)N(Cc1ccc(C(F)(F)F)cc1)C(=O)NC1CCCCC1. The molecule has 0 aromatic heterocycles. The maximum absolute atomic E-state index is 12.7. The normalized spacial score (nSPS) is 16.6. The number of carbonyl (C=O) groups excluding carboxylic acids is 1. The number of urea groups is 1. The van der Waals surface area contributed by atoms with Crippen LogP contribution in [0.25, 0.3) is 0 Å². The molecule has 1 fully saturated rings. The highest BCUT2D eigenvalue weighted by Gasteiger charge is 2.31. The van der Waals surface area contributed by atoms with Crippen LogP contribution in [0.15, 0.2) is 24.3 Å². The van der Waals surface area contributed by atoms with E-state index in [9.17, 15) is 18.0 Å². The molecule has 140 valence electrons. The maximum atomic E-state index is 12.7. The molecule has 0 aliphatic heterocycles. The van der Waals surface area contributed by atoms with Crippen LogP contribution in [-0.4, -0.2) is 22.5 Å². The predicted molar refractivity (Wildman–Crippen MR) is 92.1 cm³/mol. The molecule has 1 N–H and O–H groups in total. The van der Waals surface area contributed by atoms with Gasteiger partial charge >= 0.3 is 12.2 Å². The fraction of sp³-hybridized carbons (Fsp3) is 0.632. The molecule has 0 radical (unpaired) electrons. The Bertz CT molecular complexity index is 570. The van der Waals surface area contributed by atoms with Crippen molar-refractivity contribution in [3.63, 3.8) is 0 Å². The highest BCUT2D eigenvalue weighted by atomic mass is 19.4. The summed E-state index contributed by atoms with van der Waals surface area (Å²) in [5, 5.41) is 3.09. The minimum absolute atomic E-state index is 0.153. The summed E-state index contributed by atoms with van der Waals surface area (Å²) in [5.74, 6) is 0. The fourth-order valence-electron chi connectivity index (χ4n) is 3.09. The quantitative estimate of drug-likeness (QED) is 0.778. The molecule has 1 aliphatic carbocycles. The van der Waals surface area contributed by atoms with Gasteiger partial charge in [0, 0.05) is 18.1 Å². The second-order valence-electron chi connectivity index (χ2n) is 7.74. The van der Waals surface area contributed by atoms with E-state index in [1.54, 1.807) is 4.90 Å². The summed E-state index contributed by atoms with van der Waals surface area (Å²) in [6, 6.07) is 5.05. The monoisotopic (exact) mass is 356 g/mol. The first kappa shape index (κ1) is 19.6. The van der Waals surface area contributed by atoms with Crippen molar-refractivity contribution in [3.05, 3.63) is 35.4 Å². The van der Waals surface area contributed by atoms with Crippen molar-refractivity contribution < 1.29 is 18.0 Å². The number of nitrogens with zero attached hydrogens (tertiary/aromatic N) is 1. The van der Waals surface area contributed by atoms with Gasteiger partial charge in [0.15, 0.2) is 0 Å². The van der Waals surface area contributed by atoms with Crippen molar-refractivity contribution in [2.45, 2.75) is 77.2 Å². The van der Waals surface area contributed by atoms with Crippen LogP contribution in [0.4, 0.5) is 18.0 Å². The molecule has 0 unspecified atom stereocenters. The van der Waals surface area contributed by atoms with Gasteiger partial charge in [-0.3, -0.25) is 0 Å². The van der Waals surface area contributed by atoms with Crippen LogP contribution in [0.2, 0.25) is 0 Å². The molecule has 2 rings (SSSR count). The summed E-state index contributed by atoms with van der Waals surface area (Å²) in [4.78, 5) is 14.4. The van der Waals surface area contributed by atoms with Crippen LogP contribution in [0.5, 0.6) is 0 Å². The summed E-state index contributed by atoms with van der Waals surface area (Å²) in [6.07, 6.45) is 1.09. The molecule has 6 heteroatoms. The molecule has 1 aromatic carbocycles. The topological polar surface area (TPSA) is 32.3 Å². The lowest BCUT2D eigenvalue weighted by atomic mass is 9.95. The zero-order valence-corrected chi connectivity index (χ0v) is 15.1. The largest absolute Gasteiger partial charge is 0.416 e. The molecule has 0 heterocycles. The van der Waals surface area contributed by atoms with Crippen molar-refractivity contribution in [3.8, 4) is 0 Å². The first-order valence-electron chi connectivity index (χ1n) is 8.81. The number of hydrogen-bond donors (Lipinski definition) is 1. The maximum Gasteiger partial charge on any atom is 0.416 e. The van der Waals surface area contributed by atoms with Gasteiger partial charge in [-0.25, -0.2) is 4.79 Å². The lowest BCUT2D eigenvalue weighted by Gasteiger charge is -2.37. The van der Waals surface area contributed by atoms with Crippen LogP contribution >= 0.6 is 0 Å². The Labute approximate surface area is 147 Å². The highest BCUT2D eigenvalue weighted by Crippen LogP contribution is 2.29. The van der Waals surface area contributed by atoms with Crippen LogP contribution in [0.3, 0.4) is 0 Å². The third-order valence-electron chi connectivity index (χ3n) is 4.61. The van der Waals surface area contributed by atoms with E-state index in [1.807, 2.05) is 20.8 Å². The van der Waals surface area contributed by atoms with Crippen molar-refractivity contribution >= 4 is 6.03 Å². The number of halogens is 3. The van der Waals surface area contributed by atoms with E-state index in [2.05, 4.69) is 5.32 Å². The Morgan fingerprint density at radius 2 is 1.64 bits per heavy atom. The average Bonchev–Trinajstić information content (AvgIpc) is 2.52. The van der Waals surface area contributed by atoms with Gasteiger partial charge in [0.2, 0.25) is 0 Å². The van der Waals surface area contributed by atoms with Crippen LogP contribution in [0, 0.1) is 0 Å². The van der Waals surface area contributed by atoms with Crippen molar-refractivity contribution in [2.24, 2.45) is 0 Å². The van der Waals surface area contributed by atoms with Gasteiger partial charge in [0.1, 0.15) is 0 Å². The Morgan fingerprint density at radius 1 is 1.08 bits per heavy atom. The summed E-state index contributed by atoms with van der Waals surface area (Å²) < 4.78 is 38.1. The third-order valence-corrected chi connectivity index (χ3v) is 4.61. The predicted octanol–water partition coefficient (Wildman–Crippen LogP) is 5.35. The van der Waals surface area contributed by atoms with Crippen molar-refractivity contribution in [1.29, 1.82) is 0 Å². The van der Waals surface area contributed by atoms with E-state index >= 15 is 0 Å². The average molecular weight is 356 g/mol. The van der Waals surface area contributed by atoms with E-state index in [4.69, 9.17) is 0 Å². The molecule has 0 spiro atoms. The van der Waals surface area contributed by atoms with E-state index in [1.165, 1.54) is 18.6 Å². The first-order chi connectivity index (χ1) is 11.6. The van der Waals surface area contributed by atoms with Crippen molar-refractivity contribution in [2.75, 3.05) is 0 Å². The summed E-state index contributed by atoms with van der Waals surface area (Å²) in [6.45, 7) is 6.06. The van der Waals surface area contributed by atoms with Gasteiger partial charge in [0.05, 0.1) is 5.56 Å². The number of hydrogen-bond acceptors (Lipinski definition) is 1. The Balaban J connectivity index is 2.08. The van der Waals surface area contributed by atoms with E-state index < -0.39 is 17.3 Å². The molecule has 0 atom stereocenters. The van der Waals surface area contributed by atoms with Crippen molar-refractivity contribution in [1.82, 2.24) is 10.2 Å². The molecule has 25 heavy (non-hydrogen) atoms. The zero-order valence-electron chi connectivity index (χ0n) is 15.1. The Morgan fingerprint density at radius 3 is 2.12 bits per heavy atom. The molecule has 0 bridgehead atoms. The molecular weight excluding hydrogens is 329 g/mol. The minimum Gasteiger partial charge on any atom is -0.335 e. The molecular formula is C19H27F3N2O. The number of alkyl halides is 3. The number of benzene rings is 1. The standard InChI is InChI=1S/C19H27F3N2O/c1-18(2,3)24(17(25)23-16-7-5-4-6-8-16)13-14-9-11-15(12-10-14)19(20,21)22/h9-12,16H,4-8,13H2,1-3H3,(H,23,25). The van der Waals surface area contributed by atoms with Gasteiger partial charge in [-0.15, -0.1) is 0 Å². The molecule has 1 aromatic rings. The second-order valence-corrected chi connectivity index (χ2v) is 7.74. The lowest BCUT2D eigenvalue weighted by molar-refractivity contribution is -0.137. The lowest BCUT2D eigenvalue weighted by Crippen LogP contribution is -2.52. The van der Waals surface area contributed by atoms with Crippen LogP contribution in [0.1, 0.15) is 64.0 Å². The highest BCUT2D eigenvalue weighted by molar-refractivity contribution is 5.75. The number of rotatable bonds is 3. The third kappa shape index (κ3) is 5.65. The number of nitrogens with one attached hydrogen (secondary N) is 1. The number of amides is 2. The van der Waals surface area contributed by atoms with Crippen LogP contribution in [-0.2, 0) is 12.7 Å². The van der Waals surface area contributed by atoms with E-state index in [0.29, 0.717) is 5.56 Å². The number of carbonyl (C=O) groups is 1. The summed E-state index contributed by atoms with van der Waals surface area (Å²) >= 11 is 0. The van der Waals surface area contributed by atoms with E-state index in [0.717, 1.165) is 37.8 Å². The van der Waals surface area contributed by atoms with Gasteiger partial charge < -0.3 is 10.2 Å². The minimum atomic E-state index is -4.35. The molecule has 1 aliphatic rings. The zero-order chi connectivity index (χ0) is 18.7. The Kier molecular flexibility index (Phi) is 6.01. The molecule has 3 nitrogen and oxygen atoms in total. The fourth-order valence-corrected chi connectivity index (χ4v) is 3.09.